The molecule has 3 amide bonds. The Morgan fingerprint density at radius 3 is 2.33 bits per heavy atom. The van der Waals surface area contributed by atoms with Gasteiger partial charge in [-0.25, -0.2) is 12.7 Å². The summed E-state index contributed by atoms with van der Waals surface area (Å²) in [6, 6.07) is 9.61. The van der Waals surface area contributed by atoms with E-state index in [4.69, 9.17) is 23.2 Å². The van der Waals surface area contributed by atoms with E-state index in [0.717, 1.165) is 0 Å². The number of fused-ring (bicyclic) bond motifs is 1. The summed E-state index contributed by atoms with van der Waals surface area (Å²) in [6.45, 7) is 2.91. The quantitative estimate of drug-likeness (QED) is 0.586. The summed E-state index contributed by atoms with van der Waals surface area (Å²) in [5.41, 5.74) is 0.406. The first-order valence-electron chi connectivity index (χ1n) is 10.3. The van der Waals surface area contributed by atoms with E-state index >= 15 is 0 Å². The van der Waals surface area contributed by atoms with Gasteiger partial charge in [0.25, 0.3) is 15.9 Å². The average molecular weight is 512 g/mol. The highest BCUT2D eigenvalue weighted by atomic mass is 35.5. The summed E-state index contributed by atoms with van der Waals surface area (Å²) >= 11 is 12.5. The molecule has 8 nitrogen and oxygen atoms in total. The van der Waals surface area contributed by atoms with Crippen LogP contribution in [-0.2, 0) is 26.2 Å². The maximum atomic E-state index is 13.3. The minimum absolute atomic E-state index is 0.000245. The number of carbonyl (C=O) groups excluding carboxylic acids is 3. The summed E-state index contributed by atoms with van der Waals surface area (Å²) in [4.78, 5) is 39.7. The van der Waals surface area contributed by atoms with E-state index in [1.54, 1.807) is 24.3 Å². The second kappa shape index (κ2) is 10.1. The number of carbonyl (C=O) groups is 3. The fourth-order valence-electron chi connectivity index (χ4n) is 3.43. The van der Waals surface area contributed by atoms with Gasteiger partial charge in [-0.3, -0.25) is 14.4 Å². The maximum Gasteiger partial charge on any atom is 0.269 e. The third kappa shape index (κ3) is 5.00. The van der Waals surface area contributed by atoms with Gasteiger partial charge in [0.2, 0.25) is 11.8 Å². The predicted octanol–water partition coefficient (Wildman–Crippen LogP) is 3.08. The highest BCUT2D eigenvalue weighted by Gasteiger charge is 2.43. The van der Waals surface area contributed by atoms with Crippen LogP contribution in [-0.4, -0.2) is 54.5 Å². The Labute approximate surface area is 202 Å². The van der Waals surface area contributed by atoms with Crippen LogP contribution in [0.1, 0.15) is 36.2 Å². The zero-order valence-corrected chi connectivity index (χ0v) is 20.4. The molecule has 0 saturated carbocycles. The van der Waals surface area contributed by atoms with Crippen LogP contribution in [0.2, 0.25) is 10.0 Å². The van der Waals surface area contributed by atoms with Crippen molar-refractivity contribution < 1.29 is 22.8 Å². The number of nitrogens with zero attached hydrogens (tertiary/aromatic N) is 2. The zero-order valence-electron chi connectivity index (χ0n) is 18.0. The van der Waals surface area contributed by atoms with Crippen LogP contribution in [0.4, 0.5) is 0 Å². The summed E-state index contributed by atoms with van der Waals surface area (Å²) < 4.78 is 26.3. The second-order valence-corrected chi connectivity index (χ2v) is 10.1. The number of halogens is 2. The molecule has 1 N–H and O–H groups in total. The van der Waals surface area contributed by atoms with Crippen molar-refractivity contribution in [3.8, 4) is 0 Å². The molecule has 0 bridgehead atoms. The van der Waals surface area contributed by atoms with Crippen LogP contribution in [0.3, 0.4) is 0 Å². The highest BCUT2D eigenvalue weighted by Crippen LogP contribution is 2.31. The first-order chi connectivity index (χ1) is 15.6. The van der Waals surface area contributed by atoms with Crippen LogP contribution in [0.15, 0.2) is 47.4 Å². The molecule has 1 heterocycles. The molecular weight excluding hydrogens is 489 g/mol. The molecule has 0 aliphatic carbocycles. The van der Waals surface area contributed by atoms with Crippen molar-refractivity contribution in [2.24, 2.45) is 0 Å². The Kier molecular flexibility index (Phi) is 7.66. The van der Waals surface area contributed by atoms with E-state index in [-0.39, 0.29) is 17.0 Å². The lowest BCUT2D eigenvalue weighted by molar-refractivity contribution is -0.140. The van der Waals surface area contributed by atoms with Gasteiger partial charge in [0.1, 0.15) is 17.5 Å². The molecule has 1 aliphatic heterocycles. The largest absolute Gasteiger partial charge is 0.354 e. The molecule has 0 aromatic heterocycles. The summed E-state index contributed by atoms with van der Waals surface area (Å²) in [7, 11) is -4.19. The second-order valence-electron chi connectivity index (χ2n) is 7.50. The van der Waals surface area contributed by atoms with Crippen LogP contribution < -0.4 is 5.32 Å². The predicted molar refractivity (Wildman–Crippen MR) is 124 cm³/mol. The van der Waals surface area contributed by atoms with Crippen LogP contribution in [0.25, 0.3) is 0 Å². The summed E-state index contributed by atoms with van der Waals surface area (Å²) in [5, 5.41) is 3.30. The lowest BCUT2D eigenvalue weighted by Crippen LogP contribution is -2.51. The summed E-state index contributed by atoms with van der Waals surface area (Å²) in [6.07, 6.45) is 0.696. The molecule has 0 fully saturated rings. The fraction of sp³-hybridized carbons (Fsp3) is 0.318. The van der Waals surface area contributed by atoms with Crippen LogP contribution in [0, 0.1) is 0 Å². The van der Waals surface area contributed by atoms with Gasteiger partial charge in [-0.2, -0.15) is 0 Å². The SMILES string of the molecule is CCCNC(=O)C(C)N(Cc1c(Cl)cccc1Cl)C(=O)CN1C(=O)c2ccccc2S1(=O)=O. The van der Waals surface area contributed by atoms with E-state index in [1.807, 2.05) is 6.92 Å². The molecule has 176 valence electrons. The number of sulfonamides is 1. The summed E-state index contributed by atoms with van der Waals surface area (Å²) in [5.74, 6) is -1.96. The third-order valence-electron chi connectivity index (χ3n) is 5.30. The molecule has 0 saturated heterocycles. The molecular formula is C22H23Cl2N3O5S. The van der Waals surface area contributed by atoms with Crippen molar-refractivity contribution in [1.29, 1.82) is 0 Å². The Morgan fingerprint density at radius 2 is 1.73 bits per heavy atom. The number of amides is 3. The number of hydrogen-bond donors (Lipinski definition) is 1. The molecule has 1 unspecified atom stereocenters. The number of benzene rings is 2. The molecule has 33 heavy (non-hydrogen) atoms. The molecule has 3 rings (SSSR count). The van der Waals surface area contributed by atoms with E-state index in [1.165, 1.54) is 30.0 Å². The molecule has 2 aromatic carbocycles. The normalized spacial score (nSPS) is 15.2. The Bertz CT molecular complexity index is 1180. The highest BCUT2D eigenvalue weighted by molar-refractivity contribution is 7.90. The van der Waals surface area contributed by atoms with Gasteiger partial charge in [-0.1, -0.05) is 48.3 Å². The van der Waals surface area contributed by atoms with Crippen molar-refractivity contribution in [2.75, 3.05) is 13.1 Å². The van der Waals surface area contributed by atoms with Gasteiger partial charge < -0.3 is 10.2 Å². The van der Waals surface area contributed by atoms with Crippen molar-refractivity contribution >= 4 is 50.9 Å². The maximum absolute atomic E-state index is 13.3. The minimum atomic E-state index is -4.19. The van der Waals surface area contributed by atoms with Gasteiger partial charge in [0.15, 0.2) is 0 Å². The third-order valence-corrected chi connectivity index (χ3v) is 7.79. The monoisotopic (exact) mass is 511 g/mol. The molecule has 2 aromatic rings. The average Bonchev–Trinajstić information content (AvgIpc) is 2.97. The van der Waals surface area contributed by atoms with Crippen molar-refractivity contribution in [2.45, 2.75) is 37.8 Å². The van der Waals surface area contributed by atoms with Crippen molar-refractivity contribution in [1.82, 2.24) is 14.5 Å². The van der Waals surface area contributed by atoms with Gasteiger partial charge >= 0.3 is 0 Å². The van der Waals surface area contributed by atoms with E-state index in [2.05, 4.69) is 5.32 Å². The first kappa shape index (κ1) is 25.0. The van der Waals surface area contributed by atoms with Gasteiger partial charge in [0, 0.05) is 28.7 Å². The fourth-order valence-corrected chi connectivity index (χ4v) is 5.47. The molecule has 1 atom stereocenters. The molecule has 1 aliphatic rings. The standard InChI is InChI=1S/C22H23Cl2N3O5S/c1-3-11-25-21(29)14(2)26(12-16-17(23)8-6-9-18(16)24)20(28)13-27-22(30)15-7-4-5-10-19(15)33(27,31)32/h4-10,14H,3,11-13H2,1-2H3,(H,25,29). The van der Waals surface area contributed by atoms with E-state index < -0.39 is 40.3 Å². The van der Waals surface area contributed by atoms with Crippen LogP contribution in [0.5, 0.6) is 0 Å². The Morgan fingerprint density at radius 1 is 1.09 bits per heavy atom. The Balaban J connectivity index is 1.92. The number of rotatable bonds is 8. The molecule has 0 radical (unpaired) electrons. The minimum Gasteiger partial charge on any atom is -0.354 e. The topological polar surface area (TPSA) is 104 Å². The smallest absolute Gasteiger partial charge is 0.269 e. The van der Waals surface area contributed by atoms with Gasteiger partial charge in [-0.15, -0.1) is 0 Å². The lowest BCUT2D eigenvalue weighted by Gasteiger charge is -2.30. The van der Waals surface area contributed by atoms with Crippen molar-refractivity contribution in [3.63, 3.8) is 0 Å². The Hall–Kier alpha value is -2.62. The molecule has 0 spiro atoms. The first-order valence-corrected chi connectivity index (χ1v) is 12.4. The lowest BCUT2D eigenvalue weighted by atomic mass is 10.1. The van der Waals surface area contributed by atoms with Crippen LogP contribution >= 0.6 is 23.2 Å². The van der Waals surface area contributed by atoms with E-state index in [9.17, 15) is 22.8 Å². The number of nitrogens with one attached hydrogen (secondary N) is 1. The van der Waals surface area contributed by atoms with Gasteiger partial charge in [-0.05, 0) is 37.6 Å². The van der Waals surface area contributed by atoms with E-state index in [0.29, 0.717) is 32.9 Å². The number of hydrogen-bond acceptors (Lipinski definition) is 5. The molecule has 11 heteroatoms. The van der Waals surface area contributed by atoms with Crippen molar-refractivity contribution in [3.05, 3.63) is 63.6 Å². The zero-order chi connectivity index (χ0) is 24.3. The van der Waals surface area contributed by atoms with Gasteiger partial charge in [0.05, 0.1) is 5.56 Å².